The van der Waals surface area contributed by atoms with Crippen molar-refractivity contribution in [3.8, 4) is 5.75 Å². The molecule has 1 unspecified atom stereocenters. The molecule has 0 aliphatic carbocycles. The van der Waals surface area contributed by atoms with E-state index in [0.717, 1.165) is 31.5 Å². The summed E-state index contributed by atoms with van der Waals surface area (Å²) in [4.78, 5) is 4.36. The van der Waals surface area contributed by atoms with Crippen molar-refractivity contribution in [1.82, 2.24) is 5.32 Å². The smallest absolute Gasteiger partial charge is 0.419 e. The van der Waals surface area contributed by atoms with Gasteiger partial charge in [-0.15, -0.1) is 0 Å². The summed E-state index contributed by atoms with van der Waals surface area (Å²) in [7, 11) is 1.49. The van der Waals surface area contributed by atoms with Crippen molar-refractivity contribution in [2.75, 3.05) is 13.7 Å². The van der Waals surface area contributed by atoms with Crippen LogP contribution >= 0.6 is 0 Å². The Kier molecular flexibility index (Phi) is 5.30. The largest absolute Gasteiger partial charge is 0.507 e. The van der Waals surface area contributed by atoms with Crippen LogP contribution in [0, 0.1) is 0 Å². The standard InChI is InChI=1S/C16H19F3N2O2/c1-3-12(21-15(23-2)13-5-4-8-20-13)10-6-7-14(22)11(9-10)16(17,18)19/h3,6-7,9,13,20,22H,4-5,8H2,1-2H3/b12-3-,21-15?. The van der Waals surface area contributed by atoms with E-state index in [4.69, 9.17) is 4.74 Å². The van der Waals surface area contributed by atoms with E-state index < -0.39 is 17.5 Å². The Hall–Kier alpha value is -2.02. The Morgan fingerprint density at radius 1 is 1.43 bits per heavy atom. The van der Waals surface area contributed by atoms with Crippen LogP contribution in [-0.2, 0) is 10.9 Å². The number of hydrogen-bond donors (Lipinski definition) is 2. The monoisotopic (exact) mass is 328 g/mol. The van der Waals surface area contributed by atoms with Crippen LogP contribution in [0.3, 0.4) is 0 Å². The zero-order valence-electron chi connectivity index (χ0n) is 12.9. The van der Waals surface area contributed by atoms with Crippen molar-refractivity contribution in [3.63, 3.8) is 0 Å². The van der Waals surface area contributed by atoms with E-state index in [-0.39, 0.29) is 11.6 Å². The van der Waals surface area contributed by atoms with E-state index >= 15 is 0 Å². The molecule has 1 aromatic carbocycles. The van der Waals surface area contributed by atoms with E-state index in [1.807, 2.05) is 0 Å². The molecule has 2 rings (SSSR count). The molecular formula is C16H19F3N2O2. The molecule has 0 spiro atoms. The number of rotatable bonds is 3. The first-order chi connectivity index (χ1) is 10.9. The number of hydrogen-bond acceptors (Lipinski definition) is 4. The van der Waals surface area contributed by atoms with Crippen LogP contribution in [0.15, 0.2) is 29.3 Å². The summed E-state index contributed by atoms with van der Waals surface area (Å²) < 4.78 is 44.0. The van der Waals surface area contributed by atoms with E-state index in [9.17, 15) is 18.3 Å². The van der Waals surface area contributed by atoms with Gasteiger partial charge in [0.15, 0.2) is 0 Å². The summed E-state index contributed by atoms with van der Waals surface area (Å²) in [6, 6.07) is 3.29. The van der Waals surface area contributed by atoms with Crippen molar-refractivity contribution >= 4 is 11.6 Å². The molecule has 126 valence electrons. The number of halogens is 3. The third-order valence-electron chi connectivity index (χ3n) is 3.67. The van der Waals surface area contributed by atoms with E-state index in [0.29, 0.717) is 11.6 Å². The molecule has 1 aliphatic heterocycles. The molecule has 1 aromatic rings. The van der Waals surface area contributed by atoms with Gasteiger partial charge in [0.05, 0.1) is 24.4 Å². The lowest BCUT2D eigenvalue weighted by molar-refractivity contribution is -0.138. The van der Waals surface area contributed by atoms with Crippen LogP contribution < -0.4 is 5.32 Å². The van der Waals surface area contributed by atoms with Crippen molar-refractivity contribution < 1.29 is 23.0 Å². The molecule has 4 nitrogen and oxygen atoms in total. The molecular weight excluding hydrogens is 309 g/mol. The van der Waals surface area contributed by atoms with Gasteiger partial charge in [0.25, 0.3) is 0 Å². The minimum absolute atomic E-state index is 0.0332. The Balaban J connectivity index is 2.38. The number of nitrogens with zero attached hydrogens (tertiary/aromatic N) is 1. The zero-order chi connectivity index (χ0) is 17.0. The number of alkyl halides is 3. The van der Waals surface area contributed by atoms with Gasteiger partial charge in [-0.25, -0.2) is 4.99 Å². The second kappa shape index (κ2) is 7.04. The molecule has 0 saturated carbocycles. The van der Waals surface area contributed by atoms with Crippen molar-refractivity contribution in [1.29, 1.82) is 0 Å². The van der Waals surface area contributed by atoms with E-state index in [2.05, 4.69) is 10.3 Å². The number of aliphatic imine (C=N–C) groups is 1. The molecule has 0 bridgehead atoms. The average molecular weight is 328 g/mol. The second-order valence-corrected chi connectivity index (χ2v) is 5.21. The van der Waals surface area contributed by atoms with Gasteiger partial charge in [0.2, 0.25) is 5.90 Å². The number of nitrogens with one attached hydrogen (secondary N) is 1. The number of ether oxygens (including phenoxy) is 1. The fraction of sp³-hybridized carbons (Fsp3) is 0.438. The number of phenolic OH excluding ortho intramolecular Hbond substituents is 1. The van der Waals surface area contributed by atoms with E-state index in [1.54, 1.807) is 13.0 Å². The minimum Gasteiger partial charge on any atom is -0.507 e. The average Bonchev–Trinajstić information content (AvgIpc) is 3.02. The predicted octanol–water partition coefficient (Wildman–Crippen LogP) is 3.57. The summed E-state index contributed by atoms with van der Waals surface area (Å²) in [5.74, 6) is -0.359. The lowest BCUT2D eigenvalue weighted by Crippen LogP contribution is -2.32. The first-order valence-corrected chi connectivity index (χ1v) is 7.29. The number of benzene rings is 1. The summed E-state index contributed by atoms with van der Waals surface area (Å²) >= 11 is 0. The highest BCUT2D eigenvalue weighted by atomic mass is 19.4. The van der Waals surface area contributed by atoms with Crippen LogP contribution in [0.25, 0.3) is 5.70 Å². The lowest BCUT2D eigenvalue weighted by Gasteiger charge is -2.15. The van der Waals surface area contributed by atoms with Gasteiger partial charge in [-0.3, -0.25) is 0 Å². The summed E-state index contributed by atoms with van der Waals surface area (Å²) in [5, 5.41) is 12.6. The molecule has 1 aliphatic rings. The van der Waals surface area contributed by atoms with Gasteiger partial charge < -0.3 is 15.2 Å². The fourth-order valence-electron chi connectivity index (χ4n) is 2.50. The molecule has 1 fully saturated rings. The third-order valence-corrected chi connectivity index (χ3v) is 3.67. The molecule has 7 heteroatoms. The molecule has 2 N–H and O–H groups in total. The number of methoxy groups -OCH3 is 1. The van der Waals surface area contributed by atoms with Gasteiger partial charge in [-0.2, -0.15) is 13.2 Å². The van der Waals surface area contributed by atoms with Gasteiger partial charge in [-0.05, 0) is 44.5 Å². The van der Waals surface area contributed by atoms with Gasteiger partial charge in [0.1, 0.15) is 5.75 Å². The van der Waals surface area contributed by atoms with Gasteiger partial charge >= 0.3 is 6.18 Å². The highest BCUT2D eigenvalue weighted by Crippen LogP contribution is 2.37. The Labute approximate surface area is 132 Å². The molecule has 1 atom stereocenters. The first-order valence-electron chi connectivity index (χ1n) is 7.29. The Morgan fingerprint density at radius 3 is 2.70 bits per heavy atom. The number of phenols is 1. The summed E-state index contributed by atoms with van der Waals surface area (Å²) in [5.41, 5.74) is -0.450. The maximum Gasteiger partial charge on any atom is 0.419 e. The van der Waals surface area contributed by atoms with Crippen molar-refractivity contribution in [2.24, 2.45) is 4.99 Å². The van der Waals surface area contributed by atoms with Crippen LogP contribution in [0.5, 0.6) is 5.75 Å². The summed E-state index contributed by atoms with van der Waals surface area (Å²) in [6.07, 6.45) is -1.15. The Morgan fingerprint density at radius 2 is 2.17 bits per heavy atom. The minimum atomic E-state index is -4.63. The highest BCUT2D eigenvalue weighted by molar-refractivity contribution is 5.88. The SMILES string of the molecule is C/C=C(\N=C(OC)C1CCCN1)c1ccc(O)c(C(F)(F)F)c1. The zero-order valence-corrected chi connectivity index (χ0v) is 12.9. The van der Waals surface area contributed by atoms with Crippen molar-refractivity contribution in [3.05, 3.63) is 35.4 Å². The summed E-state index contributed by atoms with van der Waals surface area (Å²) in [6.45, 7) is 2.55. The third kappa shape index (κ3) is 4.04. The molecule has 0 aromatic heterocycles. The number of aromatic hydroxyl groups is 1. The molecule has 1 heterocycles. The maximum atomic E-state index is 12.9. The van der Waals surface area contributed by atoms with Crippen LogP contribution in [-0.4, -0.2) is 30.7 Å². The van der Waals surface area contributed by atoms with E-state index in [1.165, 1.54) is 13.2 Å². The quantitative estimate of drug-likeness (QED) is 0.659. The van der Waals surface area contributed by atoms with Crippen LogP contribution in [0.1, 0.15) is 30.9 Å². The van der Waals surface area contributed by atoms with Crippen LogP contribution in [0.2, 0.25) is 0 Å². The Bertz CT molecular complexity index is 618. The highest BCUT2D eigenvalue weighted by Gasteiger charge is 2.34. The fourth-order valence-corrected chi connectivity index (χ4v) is 2.50. The molecule has 1 saturated heterocycles. The topological polar surface area (TPSA) is 53.8 Å². The van der Waals surface area contributed by atoms with Crippen molar-refractivity contribution in [2.45, 2.75) is 32.0 Å². The van der Waals surface area contributed by atoms with Crippen LogP contribution in [0.4, 0.5) is 13.2 Å². The molecule has 0 amide bonds. The molecule has 23 heavy (non-hydrogen) atoms. The molecule has 0 radical (unpaired) electrons. The second-order valence-electron chi connectivity index (χ2n) is 5.21. The van der Waals surface area contributed by atoms with Gasteiger partial charge in [-0.1, -0.05) is 6.08 Å². The van der Waals surface area contributed by atoms with Gasteiger partial charge in [0, 0.05) is 5.56 Å². The lowest BCUT2D eigenvalue weighted by atomic mass is 10.1. The normalized spacial score (nSPS) is 20.0. The first kappa shape index (κ1) is 17.3. The predicted molar refractivity (Wildman–Crippen MR) is 82.2 cm³/mol. The maximum absolute atomic E-state index is 12.9. The number of allylic oxidation sites excluding steroid dienone is 1.